The number of amides is 1. The maximum atomic E-state index is 12.1. The first-order chi connectivity index (χ1) is 10.9. The minimum atomic E-state index is -3.48. The second-order valence-electron chi connectivity index (χ2n) is 5.50. The number of carbonyl (C=O) groups is 1. The Morgan fingerprint density at radius 3 is 2.91 bits per heavy atom. The molecular weight excluding hydrogens is 334 g/mol. The van der Waals surface area contributed by atoms with Crippen molar-refractivity contribution in [1.82, 2.24) is 15.4 Å². The molecule has 0 aromatic heterocycles. The van der Waals surface area contributed by atoms with Crippen molar-refractivity contribution in [3.63, 3.8) is 0 Å². The van der Waals surface area contributed by atoms with Gasteiger partial charge in [-0.3, -0.25) is 4.79 Å². The van der Waals surface area contributed by atoms with Crippen LogP contribution < -0.4 is 15.4 Å². The average molecular weight is 358 g/mol. The lowest BCUT2D eigenvalue weighted by molar-refractivity contribution is -0.122. The molecule has 1 fully saturated rings. The van der Waals surface area contributed by atoms with Gasteiger partial charge in [-0.1, -0.05) is 12.1 Å². The zero-order valence-corrected chi connectivity index (χ0v) is 15.0. The zero-order chi connectivity index (χ0) is 16.9. The van der Waals surface area contributed by atoms with Gasteiger partial charge in [-0.05, 0) is 31.7 Å². The predicted octanol–water partition coefficient (Wildman–Crippen LogP) is 0.867. The van der Waals surface area contributed by atoms with Crippen LogP contribution in [0.25, 0.3) is 0 Å². The number of nitrogens with one attached hydrogen (secondary N) is 3. The third-order valence-electron chi connectivity index (χ3n) is 3.74. The first-order valence-corrected chi connectivity index (χ1v) is 10.2. The Balaban J connectivity index is 1.98. The summed E-state index contributed by atoms with van der Waals surface area (Å²) in [4.78, 5) is 12.3. The molecule has 2 rings (SSSR count). The molecule has 0 bridgehead atoms. The molecule has 1 amide bonds. The molecular formula is C15H23N3O3S2. The van der Waals surface area contributed by atoms with Gasteiger partial charge in [-0.2, -0.15) is 11.8 Å². The second kappa shape index (κ2) is 8.14. The van der Waals surface area contributed by atoms with E-state index in [1.165, 1.54) is 13.1 Å². The van der Waals surface area contributed by atoms with Gasteiger partial charge in [0.2, 0.25) is 15.9 Å². The van der Waals surface area contributed by atoms with Crippen molar-refractivity contribution in [3.05, 3.63) is 29.8 Å². The van der Waals surface area contributed by atoms with E-state index in [0.717, 1.165) is 23.6 Å². The summed E-state index contributed by atoms with van der Waals surface area (Å²) >= 11 is 1.85. The maximum Gasteiger partial charge on any atom is 0.240 e. The summed E-state index contributed by atoms with van der Waals surface area (Å²) in [6, 6.07) is 6.58. The SMILES string of the molecule is CNS(=O)(=O)c1cccc(C(C)NC(=O)CC2CSCCN2)c1. The van der Waals surface area contributed by atoms with Crippen molar-refractivity contribution in [3.8, 4) is 0 Å². The monoisotopic (exact) mass is 357 g/mol. The van der Waals surface area contributed by atoms with Gasteiger partial charge in [0.05, 0.1) is 10.9 Å². The van der Waals surface area contributed by atoms with E-state index in [4.69, 9.17) is 0 Å². The number of hydrogen-bond donors (Lipinski definition) is 3. The van der Waals surface area contributed by atoms with Gasteiger partial charge >= 0.3 is 0 Å². The lowest BCUT2D eigenvalue weighted by Crippen LogP contribution is -2.41. The topological polar surface area (TPSA) is 87.3 Å². The number of hydrogen-bond acceptors (Lipinski definition) is 5. The Morgan fingerprint density at radius 1 is 1.48 bits per heavy atom. The van der Waals surface area contributed by atoms with E-state index in [-0.39, 0.29) is 22.9 Å². The van der Waals surface area contributed by atoms with Gasteiger partial charge in [0, 0.05) is 30.5 Å². The van der Waals surface area contributed by atoms with E-state index in [1.54, 1.807) is 12.1 Å². The third-order valence-corrected chi connectivity index (χ3v) is 6.29. The molecule has 6 nitrogen and oxygen atoms in total. The number of sulfonamides is 1. The lowest BCUT2D eigenvalue weighted by atomic mass is 10.1. The van der Waals surface area contributed by atoms with Crippen LogP contribution in [0, 0.1) is 0 Å². The Morgan fingerprint density at radius 2 is 2.26 bits per heavy atom. The van der Waals surface area contributed by atoms with Crippen LogP contribution in [-0.2, 0) is 14.8 Å². The fourth-order valence-corrected chi connectivity index (χ4v) is 4.16. The number of carbonyl (C=O) groups excluding carboxylic acids is 1. The van der Waals surface area contributed by atoms with Crippen LogP contribution in [0.2, 0.25) is 0 Å². The van der Waals surface area contributed by atoms with Crippen molar-refractivity contribution in [1.29, 1.82) is 0 Å². The standard InChI is InChI=1S/C15H23N3O3S2/c1-11(18-15(19)9-13-10-22-7-6-17-13)12-4-3-5-14(8-12)23(20,21)16-2/h3-5,8,11,13,16-17H,6-7,9-10H2,1-2H3,(H,18,19). The summed E-state index contributed by atoms with van der Waals surface area (Å²) in [5.74, 6) is 2.00. The molecule has 3 N–H and O–H groups in total. The molecule has 1 aliphatic rings. The van der Waals surface area contributed by atoms with Crippen molar-refractivity contribution in [2.24, 2.45) is 0 Å². The molecule has 128 valence electrons. The van der Waals surface area contributed by atoms with Crippen LogP contribution in [-0.4, -0.2) is 45.5 Å². The van der Waals surface area contributed by atoms with E-state index in [0.29, 0.717) is 6.42 Å². The summed E-state index contributed by atoms with van der Waals surface area (Å²) in [5.41, 5.74) is 0.764. The van der Waals surface area contributed by atoms with Crippen LogP contribution >= 0.6 is 11.8 Å². The molecule has 1 saturated heterocycles. The van der Waals surface area contributed by atoms with Gasteiger partial charge in [0.15, 0.2) is 0 Å². The fourth-order valence-electron chi connectivity index (χ4n) is 2.43. The van der Waals surface area contributed by atoms with Crippen molar-refractivity contribution < 1.29 is 13.2 Å². The molecule has 0 saturated carbocycles. The van der Waals surface area contributed by atoms with Crippen molar-refractivity contribution >= 4 is 27.7 Å². The average Bonchev–Trinajstić information content (AvgIpc) is 2.55. The van der Waals surface area contributed by atoms with Crippen LogP contribution in [0.3, 0.4) is 0 Å². The molecule has 1 aliphatic heterocycles. The normalized spacial score (nSPS) is 20.0. The molecule has 2 atom stereocenters. The maximum absolute atomic E-state index is 12.1. The minimum absolute atomic E-state index is 0.0284. The molecule has 0 radical (unpaired) electrons. The van der Waals surface area contributed by atoms with Gasteiger partial charge in [0.1, 0.15) is 0 Å². The van der Waals surface area contributed by atoms with Crippen LogP contribution in [0.4, 0.5) is 0 Å². The molecule has 1 heterocycles. The number of rotatable bonds is 6. The molecule has 23 heavy (non-hydrogen) atoms. The molecule has 0 spiro atoms. The van der Waals surface area contributed by atoms with Crippen molar-refractivity contribution in [2.75, 3.05) is 25.1 Å². The highest BCUT2D eigenvalue weighted by atomic mass is 32.2. The largest absolute Gasteiger partial charge is 0.350 e. The van der Waals surface area contributed by atoms with E-state index >= 15 is 0 Å². The van der Waals surface area contributed by atoms with Gasteiger partial charge < -0.3 is 10.6 Å². The third kappa shape index (κ3) is 5.20. The first-order valence-electron chi connectivity index (χ1n) is 7.56. The summed E-state index contributed by atoms with van der Waals surface area (Å²) in [5, 5.41) is 6.27. The first kappa shape index (κ1) is 18.3. The van der Waals surface area contributed by atoms with Gasteiger partial charge in [-0.15, -0.1) is 0 Å². The highest BCUT2D eigenvalue weighted by Gasteiger charge is 2.19. The highest BCUT2D eigenvalue weighted by Crippen LogP contribution is 2.18. The minimum Gasteiger partial charge on any atom is -0.350 e. The predicted molar refractivity (Wildman–Crippen MR) is 93.0 cm³/mol. The number of benzene rings is 1. The van der Waals surface area contributed by atoms with Gasteiger partial charge in [-0.25, -0.2) is 13.1 Å². The Hall–Kier alpha value is -1.09. The molecule has 8 heteroatoms. The van der Waals surface area contributed by atoms with Crippen molar-refractivity contribution in [2.45, 2.75) is 30.3 Å². The lowest BCUT2D eigenvalue weighted by Gasteiger charge is -2.23. The fraction of sp³-hybridized carbons (Fsp3) is 0.533. The van der Waals surface area contributed by atoms with E-state index in [2.05, 4.69) is 15.4 Å². The second-order valence-corrected chi connectivity index (χ2v) is 8.54. The van der Waals surface area contributed by atoms with Crippen LogP contribution in [0.15, 0.2) is 29.2 Å². The Kier molecular flexibility index (Phi) is 6.46. The zero-order valence-electron chi connectivity index (χ0n) is 13.3. The van der Waals surface area contributed by atoms with E-state index in [9.17, 15) is 13.2 Å². The summed E-state index contributed by atoms with van der Waals surface area (Å²) in [7, 11) is -2.10. The van der Waals surface area contributed by atoms with E-state index in [1.807, 2.05) is 24.8 Å². The quantitative estimate of drug-likeness (QED) is 0.703. The van der Waals surface area contributed by atoms with E-state index < -0.39 is 10.0 Å². The summed E-state index contributed by atoms with van der Waals surface area (Å²) in [6.07, 6.45) is 0.436. The highest BCUT2D eigenvalue weighted by molar-refractivity contribution is 7.99. The van der Waals surface area contributed by atoms with Gasteiger partial charge in [0.25, 0.3) is 0 Å². The molecule has 1 aromatic rings. The van der Waals surface area contributed by atoms with Crippen LogP contribution in [0.1, 0.15) is 24.9 Å². The smallest absolute Gasteiger partial charge is 0.240 e. The Labute approximate surface area is 141 Å². The molecule has 1 aromatic carbocycles. The molecule has 0 aliphatic carbocycles. The number of thioether (sulfide) groups is 1. The summed E-state index contributed by atoms with van der Waals surface area (Å²) < 4.78 is 26.0. The summed E-state index contributed by atoms with van der Waals surface area (Å²) in [6.45, 7) is 2.79. The van der Waals surface area contributed by atoms with Crippen LogP contribution in [0.5, 0.6) is 0 Å². The Bertz CT molecular complexity index is 643. The molecule has 2 unspecified atom stereocenters.